The third-order valence-corrected chi connectivity index (χ3v) is 4.44. The highest BCUT2D eigenvalue weighted by atomic mass is 35.5. The molecule has 8 heteroatoms. The fourth-order valence-electron chi connectivity index (χ4n) is 1.47. The molecule has 18 heavy (non-hydrogen) atoms. The Morgan fingerprint density at radius 1 is 1.44 bits per heavy atom. The summed E-state index contributed by atoms with van der Waals surface area (Å²) in [5, 5.41) is 11.5. The quantitative estimate of drug-likeness (QED) is 0.937. The minimum Gasteiger partial charge on any atom is -0.356 e. The normalized spacial score (nSPS) is 11.4. The minimum absolute atomic E-state index is 0.229. The monoisotopic (exact) mass is 303 g/mol. The lowest BCUT2D eigenvalue weighted by Crippen LogP contribution is -2.07. The Labute approximate surface area is 114 Å². The van der Waals surface area contributed by atoms with E-state index in [1.54, 1.807) is 23.7 Å². The van der Waals surface area contributed by atoms with E-state index in [-0.39, 0.29) is 11.4 Å². The Morgan fingerprint density at radius 2 is 2.22 bits per heavy atom. The Hall–Kier alpha value is -1.18. The van der Waals surface area contributed by atoms with Crippen LogP contribution in [0, 0.1) is 0 Å². The van der Waals surface area contributed by atoms with Crippen LogP contribution in [0.2, 0.25) is 5.02 Å². The smallest absolute Gasteiger partial charge is 0.205 e. The van der Waals surface area contributed by atoms with E-state index >= 15 is 0 Å². The van der Waals surface area contributed by atoms with Gasteiger partial charge in [-0.25, -0.2) is 8.42 Å². The summed E-state index contributed by atoms with van der Waals surface area (Å²) in [5.74, 6) is 0. The summed E-state index contributed by atoms with van der Waals surface area (Å²) >= 11 is 7.37. The van der Waals surface area contributed by atoms with Crippen molar-refractivity contribution in [3.05, 3.63) is 34.3 Å². The molecule has 0 fully saturated rings. The van der Waals surface area contributed by atoms with E-state index in [1.807, 2.05) is 0 Å². The molecule has 96 valence electrons. The molecule has 0 radical (unpaired) electrons. The van der Waals surface area contributed by atoms with E-state index < -0.39 is 9.84 Å². The van der Waals surface area contributed by atoms with Crippen LogP contribution in [-0.2, 0) is 16.4 Å². The maximum Gasteiger partial charge on any atom is 0.205 e. The number of halogens is 1. The molecule has 0 unspecified atom stereocenters. The second-order valence-corrected chi connectivity index (χ2v) is 6.81. The molecule has 0 atom stereocenters. The van der Waals surface area contributed by atoms with Gasteiger partial charge in [-0.05, 0) is 12.1 Å². The van der Waals surface area contributed by atoms with Crippen LogP contribution in [-0.4, -0.2) is 24.9 Å². The highest BCUT2D eigenvalue weighted by Gasteiger charge is 2.15. The maximum atomic E-state index is 11.7. The lowest BCUT2D eigenvalue weighted by molar-refractivity contribution is 0.601. The molecule has 0 saturated heterocycles. The fraction of sp³-hybridized carbons (Fsp3) is 0.200. The van der Waals surface area contributed by atoms with Crippen LogP contribution >= 0.6 is 22.9 Å². The molecule has 0 saturated carbocycles. The van der Waals surface area contributed by atoms with E-state index in [9.17, 15) is 8.42 Å². The van der Waals surface area contributed by atoms with Crippen LogP contribution in [0.1, 0.15) is 5.56 Å². The van der Waals surface area contributed by atoms with Crippen molar-refractivity contribution in [3.63, 3.8) is 0 Å². The molecular formula is C10H10ClN3O2S2. The molecular weight excluding hydrogens is 294 g/mol. The molecule has 2 rings (SSSR count). The van der Waals surface area contributed by atoms with Crippen LogP contribution in [0.15, 0.2) is 28.6 Å². The predicted octanol–water partition coefficient (Wildman–Crippen LogP) is 2.21. The molecule has 1 N–H and O–H groups in total. The first kappa shape index (κ1) is 13.3. The second kappa shape index (κ2) is 5.21. The SMILES string of the molecule is CS(=O)(=O)c1cccc(Cl)c1CNc1nncs1. The van der Waals surface area contributed by atoms with Gasteiger partial charge in [-0.1, -0.05) is 29.0 Å². The van der Waals surface area contributed by atoms with E-state index in [2.05, 4.69) is 15.5 Å². The largest absolute Gasteiger partial charge is 0.356 e. The number of hydrogen-bond donors (Lipinski definition) is 1. The average molecular weight is 304 g/mol. The van der Waals surface area contributed by atoms with Gasteiger partial charge in [-0.15, -0.1) is 10.2 Å². The summed E-state index contributed by atoms with van der Waals surface area (Å²) in [4.78, 5) is 0.229. The first-order chi connectivity index (χ1) is 8.48. The number of benzene rings is 1. The number of rotatable bonds is 4. The molecule has 0 aliphatic carbocycles. The molecule has 0 bridgehead atoms. The van der Waals surface area contributed by atoms with Crippen LogP contribution in [0.4, 0.5) is 5.13 Å². The van der Waals surface area contributed by atoms with Crippen molar-refractivity contribution >= 4 is 37.9 Å². The first-order valence-corrected chi connectivity index (χ1v) is 8.11. The maximum absolute atomic E-state index is 11.7. The number of nitrogens with zero attached hydrogens (tertiary/aromatic N) is 2. The van der Waals surface area contributed by atoms with Crippen molar-refractivity contribution in [1.82, 2.24) is 10.2 Å². The van der Waals surface area contributed by atoms with Gasteiger partial charge in [0.2, 0.25) is 5.13 Å². The van der Waals surface area contributed by atoms with Gasteiger partial charge in [-0.3, -0.25) is 0 Å². The number of nitrogens with one attached hydrogen (secondary N) is 1. The summed E-state index contributed by atoms with van der Waals surface area (Å²) < 4.78 is 23.3. The molecule has 1 aromatic carbocycles. The molecule has 1 aromatic heterocycles. The third kappa shape index (κ3) is 2.98. The highest BCUT2D eigenvalue weighted by Crippen LogP contribution is 2.25. The van der Waals surface area contributed by atoms with Crippen LogP contribution < -0.4 is 5.32 Å². The lowest BCUT2D eigenvalue weighted by Gasteiger charge is -2.10. The Bertz CT molecular complexity index is 641. The van der Waals surface area contributed by atoms with Gasteiger partial charge < -0.3 is 5.32 Å². The van der Waals surface area contributed by atoms with E-state index in [0.717, 1.165) is 6.26 Å². The van der Waals surface area contributed by atoms with Crippen molar-refractivity contribution < 1.29 is 8.42 Å². The van der Waals surface area contributed by atoms with Gasteiger partial charge in [0.1, 0.15) is 5.51 Å². The van der Waals surface area contributed by atoms with Crippen molar-refractivity contribution in [3.8, 4) is 0 Å². The van der Waals surface area contributed by atoms with E-state index in [1.165, 1.54) is 11.3 Å². The fourth-order valence-corrected chi connectivity index (χ4v) is 3.17. The second-order valence-electron chi connectivity index (χ2n) is 3.59. The summed E-state index contributed by atoms with van der Waals surface area (Å²) in [6.45, 7) is 0.289. The van der Waals surface area contributed by atoms with Gasteiger partial charge in [0.25, 0.3) is 0 Å². The zero-order valence-corrected chi connectivity index (χ0v) is 11.8. The molecule has 1 heterocycles. The third-order valence-electron chi connectivity index (χ3n) is 2.25. The topological polar surface area (TPSA) is 72.0 Å². The van der Waals surface area contributed by atoms with Gasteiger partial charge in [0.15, 0.2) is 9.84 Å². The number of sulfone groups is 1. The Kier molecular flexibility index (Phi) is 3.84. The van der Waals surface area contributed by atoms with E-state index in [0.29, 0.717) is 15.7 Å². The summed E-state index contributed by atoms with van der Waals surface area (Å²) in [6.07, 6.45) is 1.16. The number of anilines is 1. The van der Waals surface area contributed by atoms with Gasteiger partial charge >= 0.3 is 0 Å². The molecule has 0 aliphatic rings. The zero-order valence-electron chi connectivity index (χ0n) is 9.42. The molecule has 2 aromatic rings. The van der Waals surface area contributed by atoms with Gasteiger partial charge in [0, 0.05) is 23.4 Å². The van der Waals surface area contributed by atoms with Crippen LogP contribution in [0.5, 0.6) is 0 Å². The molecule has 5 nitrogen and oxygen atoms in total. The Balaban J connectivity index is 2.32. The Morgan fingerprint density at radius 3 is 2.83 bits per heavy atom. The average Bonchev–Trinajstić information content (AvgIpc) is 2.78. The molecule has 0 aliphatic heterocycles. The lowest BCUT2D eigenvalue weighted by atomic mass is 10.2. The summed E-state index contributed by atoms with van der Waals surface area (Å²) in [7, 11) is -3.30. The zero-order chi connectivity index (χ0) is 13.2. The van der Waals surface area contributed by atoms with Gasteiger partial charge in [-0.2, -0.15) is 0 Å². The van der Waals surface area contributed by atoms with Crippen LogP contribution in [0.25, 0.3) is 0 Å². The van der Waals surface area contributed by atoms with Crippen molar-refractivity contribution in [2.45, 2.75) is 11.4 Å². The van der Waals surface area contributed by atoms with Crippen molar-refractivity contribution in [1.29, 1.82) is 0 Å². The standard InChI is InChI=1S/C10H10ClN3O2S2/c1-18(15,16)9-4-2-3-8(11)7(9)5-12-10-14-13-6-17-10/h2-4,6H,5H2,1H3,(H,12,14). The minimum atomic E-state index is -3.30. The number of aromatic nitrogens is 2. The summed E-state index contributed by atoms with van der Waals surface area (Å²) in [6, 6.07) is 4.82. The number of hydrogen-bond acceptors (Lipinski definition) is 6. The molecule has 0 amide bonds. The van der Waals surface area contributed by atoms with Gasteiger partial charge in [0.05, 0.1) is 4.90 Å². The first-order valence-electron chi connectivity index (χ1n) is 4.96. The van der Waals surface area contributed by atoms with Crippen molar-refractivity contribution in [2.24, 2.45) is 0 Å². The molecule has 0 spiro atoms. The van der Waals surface area contributed by atoms with Crippen molar-refractivity contribution in [2.75, 3.05) is 11.6 Å². The van der Waals surface area contributed by atoms with Crippen LogP contribution in [0.3, 0.4) is 0 Å². The van der Waals surface area contributed by atoms with E-state index in [4.69, 9.17) is 11.6 Å². The predicted molar refractivity (Wildman–Crippen MR) is 71.8 cm³/mol. The summed E-state index contributed by atoms with van der Waals surface area (Å²) in [5.41, 5.74) is 2.13. The highest BCUT2D eigenvalue weighted by molar-refractivity contribution is 7.90.